The number of carboxylic acids is 1. The molecule has 0 spiro atoms. The van der Waals surface area contributed by atoms with E-state index in [2.05, 4.69) is 0 Å². The fourth-order valence-corrected chi connectivity index (χ4v) is 1.73. The third-order valence-corrected chi connectivity index (χ3v) is 2.87. The SMILES string of the molecule is CC(O)(c1ccc(C#N)cc1)c1ccc(C(=O)O)o1. The highest BCUT2D eigenvalue weighted by Gasteiger charge is 2.30. The van der Waals surface area contributed by atoms with E-state index in [4.69, 9.17) is 14.8 Å². The molecule has 2 N–H and O–H groups in total. The number of hydrogen-bond donors (Lipinski definition) is 2. The monoisotopic (exact) mass is 257 g/mol. The standard InChI is InChI=1S/C14H11NO4/c1-14(18,10-4-2-9(8-15)3-5-10)12-7-6-11(19-12)13(16)17/h2-7,18H,1H3,(H,16,17). The first-order valence-corrected chi connectivity index (χ1v) is 5.52. The van der Waals surface area contributed by atoms with Gasteiger partial charge in [0, 0.05) is 0 Å². The van der Waals surface area contributed by atoms with Crippen molar-refractivity contribution in [3.8, 4) is 6.07 Å². The molecule has 2 rings (SSSR count). The Bertz CT molecular complexity index is 647. The van der Waals surface area contributed by atoms with Gasteiger partial charge in [0.1, 0.15) is 11.4 Å². The Morgan fingerprint density at radius 1 is 1.26 bits per heavy atom. The summed E-state index contributed by atoms with van der Waals surface area (Å²) in [4.78, 5) is 10.7. The van der Waals surface area contributed by atoms with Crippen LogP contribution in [0, 0.1) is 11.3 Å². The van der Waals surface area contributed by atoms with Crippen molar-refractivity contribution in [2.24, 2.45) is 0 Å². The van der Waals surface area contributed by atoms with Crippen molar-refractivity contribution in [1.82, 2.24) is 0 Å². The molecule has 1 heterocycles. The second-order valence-electron chi connectivity index (χ2n) is 4.23. The molecule has 1 aromatic carbocycles. The lowest BCUT2D eigenvalue weighted by Gasteiger charge is -2.21. The van der Waals surface area contributed by atoms with Gasteiger partial charge in [-0.1, -0.05) is 12.1 Å². The summed E-state index contributed by atoms with van der Waals surface area (Å²) in [5.41, 5.74) is -0.468. The molecule has 1 aromatic heterocycles. The molecule has 0 amide bonds. The number of aliphatic hydroxyl groups is 1. The average molecular weight is 257 g/mol. The maximum absolute atomic E-state index is 10.7. The van der Waals surface area contributed by atoms with Gasteiger partial charge in [0.05, 0.1) is 11.6 Å². The normalized spacial score (nSPS) is 13.5. The van der Waals surface area contributed by atoms with E-state index in [9.17, 15) is 9.90 Å². The predicted molar refractivity (Wildman–Crippen MR) is 65.5 cm³/mol. The second kappa shape index (κ2) is 4.59. The Labute approximate surface area is 109 Å². The highest BCUT2D eigenvalue weighted by molar-refractivity contribution is 5.84. The third-order valence-electron chi connectivity index (χ3n) is 2.87. The number of benzene rings is 1. The molecule has 0 saturated heterocycles. The molecule has 2 aromatic rings. The van der Waals surface area contributed by atoms with Crippen molar-refractivity contribution in [3.05, 3.63) is 59.0 Å². The summed E-state index contributed by atoms with van der Waals surface area (Å²) in [6.07, 6.45) is 0. The number of nitrogens with zero attached hydrogens (tertiary/aromatic N) is 1. The van der Waals surface area contributed by atoms with Crippen LogP contribution in [0.5, 0.6) is 0 Å². The topological polar surface area (TPSA) is 94.5 Å². The molecule has 0 aliphatic heterocycles. The van der Waals surface area contributed by atoms with Gasteiger partial charge in [0.25, 0.3) is 0 Å². The number of aromatic carboxylic acids is 1. The minimum absolute atomic E-state index is 0.134. The minimum atomic E-state index is -1.46. The van der Waals surface area contributed by atoms with Gasteiger partial charge < -0.3 is 14.6 Å². The zero-order valence-corrected chi connectivity index (χ0v) is 10.1. The maximum atomic E-state index is 10.7. The fraction of sp³-hybridized carbons (Fsp3) is 0.143. The fourth-order valence-electron chi connectivity index (χ4n) is 1.73. The first-order valence-electron chi connectivity index (χ1n) is 5.52. The summed E-state index contributed by atoms with van der Waals surface area (Å²) >= 11 is 0. The molecule has 5 nitrogen and oxygen atoms in total. The largest absolute Gasteiger partial charge is 0.475 e. The van der Waals surface area contributed by atoms with Gasteiger partial charge in [-0.2, -0.15) is 5.26 Å². The molecular formula is C14H11NO4. The molecule has 0 aliphatic carbocycles. The Hall–Kier alpha value is -2.58. The van der Waals surface area contributed by atoms with Crippen molar-refractivity contribution < 1.29 is 19.4 Å². The van der Waals surface area contributed by atoms with Gasteiger partial charge in [-0.05, 0) is 36.8 Å². The molecule has 1 unspecified atom stereocenters. The van der Waals surface area contributed by atoms with Crippen LogP contribution in [0.3, 0.4) is 0 Å². The molecule has 1 atom stereocenters. The first kappa shape index (κ1) is 12.9. The first-order chi connectivity index (χ1) is 8.95. The number of furan rings is 1. The number of carboxylic acid groups (broad SMARTS) is 1. The predicted octanol–water partition coefficient (Wildman–Crippen LogP) is 2.11. The van der Waals surface area contributed by atoms with Gasteiger partial charge in [-0.15, -0.1) is 0 Å². The minimum Gasteiger partial charge on any atom is -0.475 e. The van der Waals surface area contributed by atoms with Crippen LogP contribution >= 0.6 is 0 Å². The van der Waals surface area contributed by atoms with E-state index in [0.717, 1.165) is 0 Å². The van der Waals surface area contributed by atoms with E-state index in [1.54, 1.807) is 24.3 Å². The van der Waals surface area contributed by atoms with Crippen molar-refractivity contribution in [1.29, 1.82) is 5.26 Å². The van der Waals surface area contributed by atoms with Crippen molar-refractivity contribution in [2.45, 2.75) is 12.5 Å². The Morgan fingerprint density at radius 3 is 2.37 bits per heavy atom. The zero-order valence-electron chi connectivity index (χ0n) is 10.1. The lowest BCUT2D eigenvalue weighted by atomic mass is 9.93. The summed E-state index contributed by atoms with van der Waals surface area (Å²) in [6, 6.07) is 11.0. The number of carbonyl (C=O) groups is 1. The summed E-state index contributed by atoms with van der Waals surface area (Å²) < 4.78 is 5.11. The average Bonchev–Trinajstić information content (AvgIpc) is 2.89. The highest BCUT2D eigenvalue weighted by Crippen LogP contribution is 2.30. The lowest BCUT2D eigenvalue weighted by Crippen LogP contribution is -2.22. The summed E-state index contributed by atoms with van der Waals surface area (Å²) in [7, 11) is 0. The summed E-state index contributed by atoms with van der Waals surface area (Å²) in [5.74, 6) is -1.29. The van der Waals surface area contributed by atoms with Crippen LogP contribution in [0.4, 0.5) is 0 Å². The molecular weight excluding hydrogens is 246 g/mol. The van der Waals surface area contributed by atoms with E-state index in [1.165, 1.54) is 19.1 Å². The van der Waals surface area contributed by atoms with Crippen molar-refractivity contribution in [3.63, 3.8) is 0 Å². The van der Waals surface area contributed by atoms with Crippen LogP contribution in [0.1, 0.15) is 34.4 Å². The molecule has 0 aliphatic rings. The lowest BCUT2D eigenvalue weighted by molar-refractivity contribution is 0.0601. The van der Waals surface area contributed by atoms with Gasteiger partial charge in [-0.25, -0.2) is 4.79 Å². The van der Waals surface area contributed by atoms with Crippen LogP contribution in [0.25, 0.3) is 0 Å². The van der Waals surface area contributed by atoms with Gasteiger partial charge >= 0.3 is 5.97 Å². The van der Waals surface area contributed by atoms with Crippen molar-refractivity contribution in [2.75, 3.05) is 0 Å². The number of hydrogen-bond acceptors (Lipinski definition) is 4. The van der Waals surface area contributed by atoms with Crippen molar-refractivity contribution >= 4 is 5.97 Å². The van der Waals surface area contributed by atoms with E-state index >= 15 is 0 Å². The molecule has 5 heteroatoms. The summed E-state index contributed by atoms with van der Waals surface area (Å²) in [5, 5.41) is 28.0. The van der Waals surface area contributed by atoms with E-state index in [-0.39, 0.29) is 11.5 Å². The Balaban J connectivity index is 2.39. The van der Waals surface area contributed by atoms with E-state index in [1.807, 2.05) is 6.07 Å². The molecule has 0 radical (unpaired) electrons. The number of nitriles is 1. The van der Waals surface area contributed by atoms with Crippen LogP contribution < -0.4 is 0 Å². The quantitative estimate of drug-likeness (QED) is 0.878. The molecule has 19 heavy (non-hydrogen) atoms. The molecule has 0 saturated carbocycles. The van der Waals surface area contributed by atoms with E-state index < -0.39 is 11.6 Å². The molecule has 0 fully saturated rings. The van der Waals surface area contributed by atoms with Gasteiger partial charge in [0.2, 0.25) is 5.76 Å². The van der Waals surface area contributed by atoms with E-state index in [0.29, 0.717) is 11.1 Å². The van der Waals surface area contributed by atoms with Crippen LogP contribution in [-0.2, 0) is 5.60 Å². The summed E-state index contributed by atoms with van der Waals surface area (Å²) in [6.45, 7) is 1.50. The van der Waals surface area contributed by atoms with Crippen LogP contribution in [0.2, 0.25) is 0 Å². The molecule has 0 bridgehead atoms. The van der Waals surface area contributed by atoms with Gasteiger partial charge in [0.15, 0.2) is 0 Å². The second-order valence-corrected chi connectivity index (χ2v) is 4.23. The number of rotatable bonds is 3. The Kier molecular flexibility index (Phi) is 3.11. The third kappa shape index (κ3) is 2.34. The zero-order chi connectivity index (χ0) is 14.0. The van der Waals surface area contributed by atoms with Gasteiger partial charge in [-0.3, -0.25) is 0 Å². The highest BCUT2D eigenvalue weighted by atomic mass is 16.4. The van der Waals surface area contributed by atoms with Crippen LogP contribution in [0.15, 0.2) is 40.8 Å². The Morgan fingerprint density at radius 2 is 1.89 bits per heavy atom. The maximum Gasteiger partial charge on any atom is 0.371 e. The van der Waals surface area contributed by atoms with Crippen LogP contribution in [-0.4, -0.2) is 16.2 Å². The smallest absolute Gasteiger partial charge is 0.371 e. The molecule has 96 valence electrons.